The molecule has 1 aromatic heterocycles. The van der Waals surface area contributed by atoms with Gasteiger partial charge in [-0.25, -0.2) is 4.98 Å². The van der Waals surface area contributed by atoms with E-state index in [0.717, 1.165) is 16.3 Å². The molecule has 0 unspecified atom stereocenters. The van der Waals surface area contributed by atoms with Gasteiger partial charge >= 0.3 is 0 Å². The van der Waals surface area contributed by atoms with Crippen LogP contribution >= 0.6 is 11.3 Å². The summed E-state index contributed by atoms with van der Waals surface area (Å²) in [6.07, 6.45) is 0. The number of benzene rings is 2. The van der Waals surface area contributed by atoms with Gasteiger partial charge in [-0.2, -0.15) is 0 Å². The van der Waals surface area contributed by atoms with Gasteiger partial charge < -0.3 is 19.7 Å². The standard InChI is InChI=1S/C21H21N3O4S/c1-24(12-19(25)22-15-6-10-17(28-3)11-7-15)21(26)18-13-29-20(23-18)14-4-8-16(27-2)9-5-14/h4-11,13H,12H2,1-3H3,(H,22,25). The molecule has 2 amide bonds. The number of thiazole rings is 1. The van der Waals surface area contributed by atoms with E-state index in [1.807, 2.05) is 24.3 Å². The van der Waals surface area contributed by atoms with Crippen molar-refractivity contribution in [1.29, 1.82) is 0 Å². The molecular formula is C21H21N3O4S. The minimum Gasteiger partial charge on any atom is -0.497 e. The normalized spacial score (nSPS) is 10.3. The highest BCUT2D eigenvalue weighted by atomic mass is 32.1. The van der Waals surface area contributed by atoms with E-state index in [4.69, 9.17) is 9.47 Å². The minimum atomic E-state index is -0.314. The summed E-state index contributed by atoms with van der Waals surface area (Å²) in [6.45, 7) is -0.0831. The molecule has 0 aliphatic rings. The van der Waals surface area contributed by atoms with Crippen LogP contribution in [-0.2, 0) is 4.79 Å². The fraction of sp³-hybridized carbons (Fsp3) is 0.190. The van der Waals surface area contributed by atoms with E-state index in [1.165, 1.54) is 16.2 Å². The number of nitrogens with zero attached hydrogens (tertiary/aromatic N) is 2. The zero-order valence-corrected chi connectivity index (χ0v) is 17.2. The van der Waals surface area contributed by atoms with Gasteiger partial charge in [-0.15, -0.1) is 11.3 Å². The number of methoxy groups -OCH3 is 2. The van der Waals surface area contributed by atoms with Crippen LogP contribution in [0, 0.1) is 0 Å². The summed E-state index contributed by atoms with van der Waals surface area (Å²) in [5, 5.41) is 5.18. The Labute approximate surface area is 172 Å². The molecule has 0 saturated heterocycles. The van der Waals surface area contributed by atoms with Crippen LogP contribution in [0.1, 0.15) is 10.5 Å². The molecule has 8 heteroatoms. The number of hydrogen-bond donors (Lipinski definition) is 1. The first-order chi connectivity index (χ1) is 14.0. The molecule has 2 aromatic carbocycles. The van der Waals surface area contributed by atoms with Gasteiger partial charge in [0.05, 0.1) is 20.8 Å². The second-order valence-corrected chi connectivity index (χ2v) is 7.06. The van der Waals surface area contributed by atoms with Crippen molar-refractivity contribution in [3.63, 3.8) is 0 Å². The lowest BCUT2D eigenvalue weighted by molar-refractivity contribution is -0.116. The average molecular weight is 411 g/mol. The van der Waals surface area contributed by atoms with Crippen molar-refractivity contribution in [3.05, 3.63) is 59.6 Å². The van der Waals surface area contributed by atoms with Crippen molar-refractivity contribution in [1.82, 2.24) is 9.88 Å². The van der Waals surface area contributed by atoms with E-state index >= 15 is 0 Å². The Kier molecular flexibility index (Phi) is 6.46. The Morgan fingerprint density at radius 2 is 1.59 bits per heavy atom. The predicted octanol–water partition coefficient (Wildman–Crippen LogP) is 3.54. The van der Waals surface area contributed by atoms with E-state index in [2.05, 4.69) is 10.3 Å². The lowest BCUT2D eigenvalue weighted by Gasteiger charge is -2.15. The van der Waals surface area contributed by atoms with Crippen LogP contribution in [-0.4, -0.2) is 49.5 Å². The fourth-order valence-corrected chi connectivity index (χ4v) is 3.40. The maximum atomic E-state index is 12.6. The van der Waals surface area contributed by atoms with Crippen molar-refractivity contribution in [2.45, 2.75) is 0 Å². The molecule has 3 rings (SSSR count). The summed E-state index contributed by atoms with van der Waals surface area (Å²) in [5.74, 6) is 0.846. The number of aromatic nitrogens is 1. The Balaban J connectivity index is 1.60. The number of hydrogen-bond acceptors (Lipinski definition) is 6. The maximum absolute atomic E-state index is 12.6. The van der Waals surface area contributed by atoms with Crippen LogP contribution < -0.4 is 14.8 Å². The molecule has 3 aromatic rings. The third kappa shape index (κ3) is 5.11. The second-order valence-electron chi connectivity index (χ2n) is 6.20. The number of ether oxygens (including phenoxy) is 2. The summed E-state index contributed by atoms with van der Waals surface area (Å²) >= 11 is 1.37. The molecule has 29 heavy (non-hydrogen) atoms. The topological polar surface area (TPSA) is 80.8 Å². The van der Waals surface area contributed by atoms with Crippen LogP contribution in [0.3, 0.4) is 0 Å². The van der Waals surface area contributed by atoms with Crippen molar-refractivity contribution in [2.75, 3.05) is 33.1 Å². The second kappa shape index (κ2) is 9.20. The fourth-order valence-electron chi connectivity index (χ4n) is 2.60. The monoisotopic (exact) mass is 411 g/mol. The highest BCUT2D eigenvalue weighted by Crippen LogP contribution is 2.26. The molecule has 7 nitrogen and oxygen atoms in total. The van der Waals surface area contributed by atoms with Crippen molar-refractivity contribution in [2.24, 2.45) is 0 Å². The average Bonchev–Trinajstić information content (AvgIpc) is 3.24. The number of amides is 2. The quantitative estimate of drug-likeness (QED) is 0.643. The van der Waals surface area contributed by atoms with Gasteiger partial charge in [0, 0.05) is 23.7 Å². The molecule has 1 heterocycles. The highest BCUT2D eigenvalue weighted by Gasteiger charge is 2.18. The number of likely N-dealkylation sites (N-methyl/N-ethyl adjacent to an activating group) is 1. The Morgan fingerprint density at radius 1 is 1.00 bits per heavy atom. The molecule has 0 saturated carbocycles. The van der Waals surface area contributed by atoms with E-state index in [9.17, 15) is 9.59 Å². The lowest BCUT2D eigenvalue weighted by atomic mass is 10.2. The summed E-state index contributed by atoms with van der Waals surface area (Å²) in [6, 6.07) is 14.4. The van der Waals surface area contributed by atoms with Gasteiger partial charge in [0.1, 0.15) is 22.2 Å². The van der Waals surface area contributed by atoms with Crippen LogP contribution in [0.4, 0.5) is 5.69 Å². The molecule has 1 N–H and O–H groups in total. The van der Waals surface area contributed by atoms with Crippen LogP contribution in [0.2, 0.25) is 0 Å². The van der Waals surface area contributed by atoms with Gasteiger partial charge in [0.2, 0.25) is 5.91 Å². The van der Waals surface area contributed by atoms with Gasteiger partial charge in [0.25, 0.3) is 5.91 Å². The molecule has 0 spiro atoms. The molecule has 150 valence electrons. The SMILES string of the molecule is COc1ccc(NC(=O)CN(C)C(=O)c2csc(-c3ccc(OC)cc3)n2)cc1. The maximum Gasteiger partial charge on any atom is 0.273 e. The van der Waals surface area contributed by atoms with Gasteiger partial charge in [-0.05, 0) is 48.5 Å². The van der Waals surface area contributed by atoms with Gasteiger partial charge in [-0.3, -0.25) is 9.59 Å². The number of nitrogens with one attached hydrogen (secondary N) is 1. The lowest BCUT2D eigenvalue weighted by Crippen LogP contribution is -2.35. The zero-order valence-electron chi connectivity index (χ0n) is 16.3. The smallest absolute Gasteiger partial charge is 0.273 e. The summed E-state index contributed by atoms with van der Waals surface area (Å²) in [7, 11) is 4.75. The molecule has 0 aliphatic carbocycles. The minimum absolute atomic E-state index is 0.0831. The third-order valence-corrected chi connectivity index (χ3v) is 5.05. The molecule has 0 fully saturated rings. The Morgan fingerprint density at radius 3 is 2.17 bits per heavy atom. The first kappa shape index (κ1) is 20.3. The molecule has 0 radical (unpaired) electrons. The molecule has 0 aliphatic heterocycles. The Bertz CT molecular complexity index is 984. The predicted molar refractivity (Wildman–Crippen MR) is 113 cm³/mol. The Hall–Kier alpha value is -3.39. The van der Waals surface area contributed by atoms with Crippen molar-refractivity contribution in [3.8, 4) is 22.1 Å². The van der Waals surface area contributed by atoms with Crippen LogP contribution in [0.15, 0.2) is 53.9 Å². The van der Waals surface area contributed by atoms with Gasteiger partial charge in [-0.1, -0.05) is 0 Å². The van der Waals surface area contributed by atoms with Crippen LogP contribution in [0.25, 0.3) is 10.6 Å². The zero-order chi connectivity index (χ0) is 20.8. The molecule has 0 bridgehead atoms. The van der Waals surface area contributed by atoms with E-state index < -0.39 is 0 Å². The third-order valence-electron chi connectivity index (χ3n) is 4.16. The number of carbonyl (C=O) groups is 2. The van der Waals surface area contributed by atoms with E-state index in [1.54, 1.807) is 50.9 Å². The highest BCUT2D eigenvalue weighted by molar-refractivity contribution is 7.13. The molecule has 0 atom stereocenters. The summed E-state index contributed by atoms with van der Waals surface area (Å²) < 4.78 is 10.2. The summed E-state index contributed by atoms with van der Waals surface area (Å²) in [5.41, 5.74) is 1.84. The van der Waals surface area contributed by atoms with Gasteiger partial charge in [0.15, 0.2) is 0 Å². The number of rotatable bonds is 7. The van der Waals surface area contributed by atoms with Crippen molar-refractivity contribution < 1.29 is 19.1 Å². The largest absolute Gasteiger partial charge is 0.497 e. The first-order valence-electron chi connectivity index (χ1n) is 8.79. The number of anilines is 1. The van der Waals surface area contributed by atoms with Crippen molar-refractivity contribution >= 4 is 28.8 Å². The van der Waals surface area contributed by atoms with Crippen LogP contribution in [0.5, 0.6) is 11.5 Å². The molecular weight excluding hydrogens is 390 g/mol. The first-order valence-corrected chi connectivity index (χ1v) is 9.67. The summed E-state index contributed by atoms with van der Waals surface area (Å²) in [4.78, 5) is 30.6. The van der Waals surface area contributed by atoms with E-state index in [0.29, 0.717) is 17.1 Å². The van der Waals surface area contributed by atoms with E-state index in [-0.39, 0.29) is 18.4 Å². The number of carbonyl (C=O) groups excluding carboxylic acids is 2.